The van der Waals surface area contributed by atoms with Gasteiger partial charge in [-0.3, -0.25) is 0 Å². The molecule has 0 saturated carbocycles. The molecule has 5 heteroatoms. The molecule has 0 amide bonds. The molecule has 0 aliphatic carbocycles. The Morgan fingerprint density at radius 1 is 0.963 bits per heavy atom. The van der Waals surface area contributed by atoms with Crippen LogP contribution in [-0.4, -0.2) is 23.1 Å². The maximum atomic E-state index is 13.5. The number of aromatic nitrogens is 2. The van der Waals surface area contributed by atoms with Crippen molar-refractivity contribution in [2.45, 2.75) is 19.8 Å². The van der Waals surface area contributed by atoms with Crippen molar-refractivity contribution in [3.63, 3.8) is 0 Å². The molecule has 1 aliphatic rings. The van der Waals surface area contributed by atoms with Crippen molar-refractivity contribution in [2.24, 2.45) is 5.92 Å². The molecule has 4 nitrogen and oxygen atoms in total. The Morgan fingerprint density at radius 2 is 1.74 bits per heavy atom. The van der Waals surface area contributed by atoms with Gasteiger partial charge in [-0.15, -0.1) is 0 Å². The summed E-state index contributed by atoms with van der Waals surface area (Å²) in [5, 5.41) is 3.23. The van der Waals surface area contributed by atoms with E-state index in [1.54, 1.807) is 6.07 Å². The fraction of sp³-hybridized carbons (Fsp3) is 0.273. The minimum absolute atomic E-state index is 0.275. The van der Waals surface area contributed by atoms with Gasteiger partial charge >= 0.3 is 0 Å². The zero-order valence-electron chi connectivity index (χ0n) is 15.4. The highest BCUT2D eigenvalue weighted by atomic mass is 19.1. The van der Waals surface area contributed by atoms with Gasteiger partial charge in [0.25, 0.3) is 0 Å². The number of rotatable bonds is 4. The smallest absolute Gasteiger partial charge is 0.227 e. The lowest BCUT2D eigenvalue weighted by Gasteiger charge is -2.30. The average molecular weight is 362 g/mol. The van der Waals surface area contributed by atoms with E-state index in [2.05, 4.69) is 17.1 Å². The molecule has 1 aromatic heterocycles. The topological polar surface area (TPSA) is 41.1 Å². The zero-order valence-corrected chi connectivity index (χ0v) is 15.4. The number of hydrogen-bond donors (Lipinski definition) is 1. The monoisotopic (exact) mass is 362 g/mol. The summed E-state index contributed by atoms with van der Waals surface area (Å²) in [5.74, 6) is 1.86. The number of halogens is 1. The average Bonchev–Trinajstić information content (AvgIpc) is 2.69. The molecule has 2 aromatic carbocycles. The van der Waals surface area contributed by atoms with Gasteiger partial charge < -0.3 is 10.2 Å². The lowest BCUT2D eigenvalue weighted by Crippen LogP contribution is -2.34. The van der Waals surface area contributed by atoms with Gasteiger partial charge in [0.2, 0.25) is 5.95 Å². The molecule has 0 spiro atoms. The Hall–Kier alpha value is -2.95. The maximum absolute atomic E-state index is 13.5. The SMILES string of the molecule is CC1CCN(c2nc(Nc3cccc(F)c3)cc(-c3ccccc3)n2)CC1. The van der Waals surface area contributed by atoms with E-state index in [9.17, 15) is 4.39 Å². The van der Waals surface area contributed by atoms with Gasteiger partial charge in [-0.05, 0) is 37.0 Å². The minimum atomic E-state index is -0.275. The molecule has 138 valence electrons. The normalized spacial score (nSPS) is 15.0. The molecular weight excluding hydrogens is 339 g/mol. The second kappa shape index (κ2) is 7.74. The van der Waals surface area contributed by atoms with Crippen molar-refractivity contribution in [3.05, 3.63) is 66.5 Å². The van der Waals surface area contributed by atoms with E-state index < -0.39 is 0 Å². The number of piperidine rings is 1. The first-order chi connectivity index (χ1) is 13.2. The molecule has 4 rings (SSSR count). The molecule has 2 heterocycles. The molecule has 1 fully saturated rings. The third-order valence-electron chi connectivity index (χ3n) is 4.95. The van der Waals surface area contributed by atoms with Crippen LogP contribution in [-0.2, 0) is 0 Å². The van der Waals surface area contributed by atoms with Crippen molar-refractivity contribution in [1.29, 1.82) is 0 Å². The lowest BCUT2D eigenvalue weighted by molar-refractivity contribution is 0.434. The molecule has 0 radical (unpaired) electrons. The molecule has 0 atom stereocenters. The predicted molar refractivity (Wildman–Crippen MR) is 108 cm³/mol. The molecule has 1 aliphatic heterocycles. The van der Waals surface area contributed by atoms with Crippen LogP contribution in [0.4, 0.5) is 21.8 Å². The highest BCUT2D eigenvalue weighted by Gasteiger charge is 2.19. The van der Waals surface area contributed by atoms with Gasteiger partial charge in [-0.25, -0.2) is 9.37 Å². The summed E-state index contributed by atoms with van der Waals surface area (Å²) in [6.45, 7) is 4.20. The zero-order chi connectivity index (χ0) is 18.6. The van der Waals surface area contributed by atoms with Crippen LogP contribution in [0.2, 0.25) is 0 Å². The van der Waals surface area contributed by atoms with Crippen LogP contribution in [0.5, 0.6) is 0 Å². The van der Waals surface area contributed by atoms with E-state index in [4.69, 9.17) is 9.97 Å². The second-order valence-electron chi connectivity index (χ2n) is 7.11. The van der Waals surface area contributed by atoms with E-state index in [1.165, 1.54) is 12.1 Å². The quantitative estimate of drug-likeness (QED) is 0.687. The van der Waals surface area contributed by atoms with Crippen LogP contribution in [0.25, 0.3) is 11.3 Å². The van der Waals surface area contributed by atoms with Gasteiger partial charge in [0, 0.05) is 30.4 Å². The lowest BCUT2D eigenvalue weighted by atomic mass is 10.00. The van der Waals surface area contributed by atoms with E-state index in [-0.39, 0.29) is 5.82 Å². The fourth-order valence-electron chi connectivity index (χ4n) is 3.32. The fourth-order valence-corrected chi connectivity index (χ4v) is 3.32. The number of nitrogens with one attached hydrogen (secondary N) is 1. The van der Waals surface area contributed by atoms with Crippen molar-refractivity contribution in [1.82, 2.24) is 9.97 Å². The van der Waals surface area contributed by atoms with Crippen LogP contribution in [0.15, 0.2) is 60.7 Å². The van der Waals surface area contributed by atoms with E-state index in [0.29, 0.717) is 11.5 Å². The standard InChI is InChI=1S/C22H23FN4/c1-16-10-12-27(13-11-16)22-25-20(17-6-3-2-4-7-17)15-21(26-22)24-19-9-5-8-18(23)14-19/h2-9,14-16H,10-13H2,1H3,(H,24,25,26). The summed E-state index contributed by atoms with van der Waals surface area (Å²) in [6, 6.07) is 18.4. The summed E-state index contributed by atoms with van der Waals surface area (Å²) in [4.78, 5) is 11.8. The molecule has 1 N–H and O–H groups in total. The van der Waals surface area contributed by atoms with Gasteiger partial charge in [-0.1, -0.05) is 43.3 Å². The van der Waals surface area contributed by atoms with Crippen LogP contribution in [0.1, 0.15) is 19.8 Å². The third kappa shape index (κ3) is 4.25. The van der Waals surface area contributed by atoms with Crippen LogP contribution < -0.4 is 10.2 Å². The molecular formula is C22H23FN4. The summed E-state index contributed by atoms with van der Waals surface area (Å²) >= 11 is 0. The highest BCUT2D eigenvalue weighted by molar-refractivity contribution is 5.67. The Labute approximate surface area is 159 Å². The van der Waals surface area contributed by atoms with Crippen molar-refractivity contribution in [3.8, 4) is 11.3 Å². The second-order valence-corrected chi connectivity index (χ2v) is 7.11. The first-order valence-corrected chi connectivity index (χ1v) is 9.39. The Kier molecular flexibility index (Phi) is 5.01. The first kappa shape index (κ1) is 17.5. The molecule has 0 bridgehead atoms. The van der Waals surface area contributed by atoms with E-state index in [1.807, 2.05) is 42.5 Å². The Morgan fingerprint density at radius 3 is 2.48 bits per heavy atom. The maximum Gasteiger partial charge on any atom is 0.227 e. The molecule has 27 heavy (non-hydrogen) atoms. The summed E-state index contributed by atoms with van der Waals surface area (Å²) in [5.41, 5.74) is 2.57. The predicted octanol–water partition coefficient (Wildman–Crippen LogP) is 5.26. The van der Waals surface area contributed by atoms with Crippen molar-refractivity contribution < 1.29 is 4.39 Å². The number of benzene rings is 2. The Balaban J connectivity index is 1.70. The van der Waals surface area contributed by atoms with Crippen LogP contribution in [0, 0.1) is 11.7 Å². The van der Waals surface area contributed by atoms with E-state index >= 15 is 0 Å². The highest BCUT2D eigenvalue weighted by Crippen LogP contribution is 2.27. The third-order valence-corrected chi connectivity index (χ3v) is 4.95. The van der Waals surface area contributed by atoms with Crippen LogP contribution >= 0.6 is 0 Å². The van der Waals surface area contributed by atoms with Gasteiger partial charge in [0.15, 0.2) is 0 Å². The molecule has 0 unspecified atom stereocenters. The Bertz CT molecular complexity index is 905. The summed E-state index contributed by atoms with van der Waals surface area (Å²) in [7, 11) is 0. The van der Waals surface area contributed by atoms with Gasteiger partial charge in [0.05, 0.1) is 5.69 Å². The van der Waals surface area contributed by atoms with Crippen molar-refractivity contribution in [2.75, 3.05) is 23.3 Å². The van der Waals surface area contributed by atoms with Gasteiger partial charge in [-0.2, -0.15) is 4.98 Å². The molecule has 3 aromatic rings. The summed E-state index contributed by atoms with van der Waals surface area (Å²) < 4.78 is 13.5. The number of hydrogen-bond acceptors (Lipinski definition) is 4. The van der Waals surface area contributed by atoms with E-state index in [0.717, 1.165) is 49.1 Å². The first-order valence-electron chi connectivity index (χ1n) is 9.39. The largest absolute Gasteiger partial charge is 0.341 e. The number of anilines is 3. The molecule has 1 saturated heterocycles. The summed E-state index contributed by atoms with van der Waals surface area (Å²) in [6.07, 6.45) is 2.29. The minimum Gasteiger partial charge on any atom is -0.341 e. The van der Waals surface area contributed by atoms with Gasteiger partial charge in [0.1, 0.15) is 11.6 Å². The number of nitrogens with zero attached hydrogens (tertiary/aromatic N) is 3. The van der Waals surface area contributed by atoms with Crippen molar-refractivity contribution >= 4 is 17.5 Å². The van der Waals surface area contributed by atoms with Crippen LogP contribution in [0.3, 0.4) is 0 Å².